The van der Waals surface area contributed by atoms with Crippen molar-refractivity contribution in [2.24, 2.45) is 22.2 Å². The molecule has 1 heterocycles. The maximum Gasteiger partial charge on any atom is 0.408 e. The van der Waals surface area contributed by atoms with Gasteiger partial charge in [0.05, 0.1) is 7.11 Å². The number of carbonyl (C=O) groups is 4. The molecule has 240 valence electrons. The van der Waals surface area contributed by atoms with E-state index in [1.807, 2.05) is 20.8 Å². The van der Waals surface area contributed by atoms with Crippen molar-refractivity contribution in [3.63, 3.8) is 0 Å². The molecule has 9 nitrogen and oxygen atoms in total. The van der Waals surface area contributed by atoms with Gasteiger partial charge in [-0.1, -0.05) is 73.1 Å². The van der Waals surface area contributed by atoms with Crippen molar-refractivity contribution in [3.05, 3.63) is 0 Å². The fourth-order valence-electron chi connectivity index (χ4n) is 7.39. The van der Waals surface area contributed by atoms with Crippen LogP contribution in [0.15, 0.2) is 0 Å². The number of likely N-dealkylation sites (tertiary alicyclic amines) is 1. The Balaban J connectivity index is 1.91. The maximum atomic E-state index is 14.5. The molecule has 0 aromatic heterocycles. The van der Waals surface area contributed by atoms with E-state index in [9.17, 15) is 19.2 Å². The third-order valence-electron chi connectivity index (χ3n) is 10.1. The van der Waals surface area contributed by atoms with Gasteiger partial charge >= 0.3 is 12.1 Å². The molecule has 0 bridgehead atoms. The summed E-state index contributed by atoms with van der Waals surface area (Å²) in [5.74, 6) is -1.13. The second-order valence-electron chi connectivity index (χ2n) is 15.8. The summed E-state index contributed by atoms with van der Waals surface area (Å²) in [6, 6.07) is -2.41. The van der Waals surface area contributed by atoms with E-state index >= 15 is 0 Å². The molecule has 2 saturated carbocycles. The first-order chi connectivity index (χ1) is 19.4. The molecule has 9 heteroatoms. The number of nitrogens with one attached hydrogen (secondary N) is 2. The quantitative estimate of drug-likeness (QED) is 0.381. The summed E-state index contributed by atoms with van der Waals surface area (Å²) in [6.45, 7) is 16.1. The van der Waals surface area contributed by atoms with Crippen LogP contribution in [-0.4, -0.2) is 66.2 Å². The molecular weight excluding hydrogens is 534 g/mol. The van der Waals surface area contributed by atoms with Crippen LogP contribution in [0.2, 0.25) is 0 Å². The highest BCUT2D eigenvalue weighted by atomic mass is 16.6. The highest BCUT2D eigenvalue weighted by molar-refractivity contribution is 5.94. The van der Waals surface area contributed by atoms with Gasteiger partial charge in [0, 0.05) is 6.54 Å². The molecule has 3 aliphatic rings. The zero-order chi connectivity index (χ0) is 31.5. The second-order valence-corrected chi connectivity index (χ2v) is 15.8. The monoisotopic (exact) mass is 591 g/mol. The van der Waals surface area contributed by atoms with Gasteiger partial charge in [0.2, 0.25) is 11.8 Å². The fraction of sp³-hybridized carbons (Fsp3) is 0.879. The highest BCUT2D eigenvalue weighted by Crippen LogP contribution is 2.56. The first-order valence-electron chi connectivity index (χ1n) is 16.1. The number of ether oxygens (including phenoxy) is 2. The topological polar surface area (TPSA) is 114 Å². The number of methoxy groups -OCH3 is 1. The second kappa shape index (κ2) is 13.1. The molecule has 42 heavy (non-hydrogen) atoms. The predicted molar refractivity (Wildman–Crippen MR) is 163 cm³/mol. The lowest BCUT2D eigenvalue weighted by Gasteiger charge is -2.44. The van der Waals surface area contributed by atoms with Crippen molar-refractivity contribution in [2.75, 3.05) is 13.7 Å². The van der Waals surface area contributed by atoms with Crippen molar-refractivity contribution >= 4 is 23.9 Å². The molecule has 4 atom stereocenters. The molecule has 3 fully saturated rings. The number of hydrogen-bond donors (Lipinski definition) is 2. The minimum absolute atomic E-state index is 0.0469. The Labute approximate surface area is 253 Å². The Kier molecular flexibility index (Phi) is 10.7. The SMILES string of the molecule is COC(=O)C1CC2(CCCCCC2(C)C)CN1C(=O)C(NC(=O)C(NC(=O)OC(C)(C)C)C1CCCCC1)C(C)(C)C. The van der Waals surface area contributed by atoms with Crippen LogP contribution in [0.1, 0.15) is 126 Å². The smallest absolute Gasteiger partial charge is 0.408 e. The maximum absolute atomic E-state index is 14.5. The molecule has 3 amide bonds. The van der Waals surface area contributed by atoms with E-state index in [1.165, 1.54) is 7.11 Å². The summed E-state index contributed by atoms with van der Waals surface area (Å²) >= 11 is 0. The lowest BCUT2D eigenvalue weighted by Crippen LogP contribution is -2.61. The summed E-state index contributed by atoms with van der Waals surface area (Å²) in [5, 5.41) is 5.89. The van der Waals surface area contributed by atoms with Crippen molar-refractivity contribution in [3.8, 4) is 0 Å². The number of esters is 1. The Hall–Kier alpha value is -2.32. The van der Waals surface area contributed by atoms with Gasteiger partial charge in [-0.25, -0.2) is 9.59 Å². The molecule has 0 radical (unpaired) electrons. The van der Waals surface area contributed by atoms with E-state index in [-0.39, 0.29) is 28.6 Å². The predicted octanol–water partition coefficient (Wildman–Crippen LogP) is 5.74. The summed E-state index contributed by atoms with van der Waals surface area (Å²) < 4.78 is 10.7. The van der Waals surface area contributed by atoms with Crippen molar-refractivity contribution in [1.82, 2.24) is 15.5 Å². The van der Waals surface area contributed by atoms with Gasteiger partial charge in [0.25, 0.3) is 0 Å². The van der Waals surface area contributed by atoms with Crippen LogP contribution >= 0.6 is 0 Å². The average molecular weight is 592 g/mol. The van der Waals surface area contributed by atoms with Gasteiger partial charge in [0.15, 0.2) is 0 Å². The van der Waals surface area contributed by atoms with Crippen LogP contribution in [0.25, 0.3) is 0 Å². The number of hydrogen-bond acceptors (Lipinski definition) is 6. The lowest BCUT2D eigenvalue weighted by atomic mass is 9.61. The van der Waals surface area contributed by atoms with Crippen LogP contribution in [0.3, 0.4) is 0 Å². The van der Waals surface area contributed by atoms with Gasteiger partial charge in [-0.15, -0.1) is 0 Å². The third kappa shape index (κ3) is 7.98. The molecule has 1 saturated heterocycles. The van der Waals surface area contributed by atoms with Crippen LogP contribution in [0.4, 0.5) is 4.79 Å². The molecule has 2 N–H and O–H groups in total. The third-order valence-corrected chi connectivity index (χ3v) is 10.1. The zero-order valence-corrected chi connectivity index (χ0v) is 27.7. The first kappa shape index (κ1) is 34.2. The molecule has 1 aliphatic heterocycles. The Morgan fingerprint density at radius 2 is 1.45 bits per heavy atom. The van der Waals surface area contributed by atoms with E-state index in [0.29, 0.717) is 13.0 Å². The van der Waals surface area contributed by atoms with Crippen molar-refractivity contribution < 1.29 is 28.7 Å². The van der Waals surface area contributed by atoms with Gasteiger partial charge in [0.1, 0.15) is 23.7 Å². The Morgan fingerprint density at radius 1 is 0.857 bits per heavy atom. The first-order valence-corrected chi connectivity index (χ1v) is 16.1. The summed E-state index contributed by atoms with van der Waals surface area (Å²) in [4.78, 5) is 56.1. The molecule has 0 aromatic carbocycles. The molecule has 4 unspecified atom stereocenters. The van der Waals surface area contributed by atoms with Crippen LogP contribution in [-0.2, 0) is 23.9 Å². The van der Waals surface area contributed by atoms with E-state index in [0.717, 1.165) is 64.2 Å². The summed E-state index contributed by atoms with van der Waals surface area (Å²) in [5.41, 5.74) is -1.60. The highest BCUT2D eigenvalue weighted by Gasteiger charge is 2.57. The Bertz CT molecular complexity index is 991. The van der Waals surface area contributed by atoms with Crippen LogP contribution in [0, 0.1) is 22.2 Å². The molecule has 0 aromatic rings. The van der Waals surface area contributed by atoms with Crippen LogP contribution < -0.4 is 10.6 Å². The number of alkyl carbamates (subject to hydrolysis) is 1. The zero-order valence-electron chi connectivity index (χ0n) is 27.7. The number of rotatable bonds is 6. The number of carbonyl (C=O) groups excluding carboxylic acids is 4. The normalized spacial score (nSPS) is 26.6. The van der Waals surface area contributed by atoms with Crippen molar-refractivity contribution in [2.45, 2.75) is 150 Å². The van der Waals surface area contributed by atoms with Gasteiger partial charge in [-0.05, 0) is 75.0 Å². The molecule has 3 rings (SSSR count). The van der Waals surface area contributed by atoms with E-state index in [2.05, 4.69) is 24.5 Å². The van der Waals surface area contributed by atoms with E-state index < -0.39 is 41.2 Å². The molecule has 1 spiro atoms. The summed E-state index contributed by atoms with van der Waals surface area (Å²) in [7, 11) is 1.37. The van der Waals surface area contributed by atoms with Gasteiger partial charge in [-0.2, -0.15) is 0 Å². The van der Waals surface area contributed by atoms with E-state index in [1.54, 1.807) is 25.7 Å². The fourth-order valence-corrected chi connectivity index (χ4v) is 7.39. The minimum Gasteiger partial charge on any atom is -0.467 e. The largest absolute Gasteiger partial charge is 0.467 e. The number of amides is 3. The lowest BCUT2D eigenvalue weighted by molar-refractivity contribution is -0.153. The van der Waals surface area contributed by atoms with Gasteiger partial charge < -0.3 is 25.0 Å². The van der Waals surface area contributed by atoms with Crippen LogP contribution in [0.5, 0.6) is 0 Å². The standard InChI is InChI=1S/C33H57N3O6/c1-30(2,3)25(35-26(37)24(22-16-12-10-13-17-22)34-29(40)42-31(4,5)6)27(38)36-21-33(20-23(36)28(39)41-9)19-15-11-14-18-32(33,7)8/h22-25H,10-21H2,1-9H3,(H,34,40)(H,35,37). The van der Waals surface area contributed by atoms with Crippen molar-refractivity contribution in [1.29, 1.82) is 0 Å². The van der Waals surface area contributed by atoms with E-state index in [4.69, 9.17) is 9.47 Å². The average Bonchev–Trinajstić information content (AvgIpc) is 3.23. The Morgan fingerprint density at radius 3 is 2.02 bits per heavy atom. The summed E-state index contributed by atoms with van der Waals surface area (Å²) in [6.07, 6.45) is 9.97. The van der Waals surface area contributed by atoms with Gasteiger partial charge in [-0.3, -0.25) is 9.59 Å². The molecular formula is C33H57N3O6. The number of nitrogens with zero attached hydrogens (tertiary/aromatic N) is 1. The minimum atomic E-state index is -0.896. The molecule has 2 aliphatic carbocycles.